The lowest BCUT2D eigenvalue weighted by atomic mass is 9.93. The van der Waals surface area contributed by atoms with Crippen LogP contribution in [-0.4, -0.2) is 26.0 Å². The second kappa shape index (κ2) is 5.95. The molecule has 0 aliphatic carbocycles. The number of rotatable bonds is 4. The molecule has 0 atom stereocenters. The number of benzene rings is 1. The first-order valence-corrected chi connectivity index (χ1v) is 6.93. The zero-order valence-corrected chi connectivity index (χ0v) is 11.8. The molecule has 0 spiro atoms. The van der Waals surface area contributed by atoms with Crippen LogP contribution in [0.4, 0.5) is 5.69 Å². The summed E-state index contributed by atoms with van der Waals surface area (Å²) in [4.78, 5) is 2.32. The Morgan fingerprint density at radius 2 is 2.11 bits per heavy atom. The van der Waals surface area contributed by atoms with E-state index in [2.05, 4.69) is 11.8 Å². The summed E-state index contributed by atoms with van der Waals surface area (Å²) in [6, 6.07) is 5.73. The molecule has 1 saturated heterocycles. The Labute approximate surface area is 115 Å². The Morgan fingerprint density at radius 3 is 2.63 bits per heavy atom. The van der Waals surface area contributed by atoms with Gasteiger partial charge in [0.2, 0.25) is 0 Å². The van der Waals surface area contributed by atoms with E-state index in [9.17, 15) is 0 Å². The van der Waals surface area contributed by atoms with Gasteiger partial charge in [0.05, 0.1) is 12.8 Å². The van der Waals surface area contributed by atoms with Gasteiger partial charge in [-0.3, -0.25) is 5.41 Å². The standard InChI is InChI=1S/C15H23N3O/c1-3-11-6-8-18(9-7-11)14-10-12(19-2)4-5-13(14)15(16)17/h4-5,10-11H,3,6-9H2,1-2H3,(H3,16,17). The summed E-state index contributed by atoms with van der Waals surface area (Å²) in [5.74, 6) is 1.77. The number of hydrogen-bond acceptors (Lipinski definition) is 3. The van der Waals surface area contributed by atoms with Gasteiger partial charge < -0.3 is 15.4 Å². The van der Waals surface area contributed by atoms with Gasteiger partial charge in [-0.05, 0) is 30.9 Å². The highest BCUT2D eigenvalue weighted by molar-refractivity contribution is 6.00. The van der Waals surface area contributed by atoms with Crippen molar-refractivity contribution in [2.24, 2.45) is 11.7 Å². The van der Waals surface area contributed by atoms with E-state index in [0.29, 0.717) is 0 Å². The first kappa shape index (κ1) is 13.7. The molecule has 0 aromatic heterocycles. The van der Waals surface area contributed by atoms with Gasteiger partial charge in [0, 0.05) is 24.7 Å². The molecule has 0 bridgehead atoms. The highest BCUT2D eigenvalue weighted by Crippen LogP contribution is 2.30. The largest absolute Gasteiger partial charge is 0.497 e. The molecule has 4 heteroatoms. The summed E-state index contributed by atoms with van der Waals surface area (Å²) < 4.78 is 5.28. The molecule has 104 valence electrons. The predicted molar refractivity (Wildman–Crippen MR) is 79.2 cm³/mol. The minimum atomic E-state index is 0.121. The van der Waals surface area contributed by atoms with Crippen LogP contribution in [0, 0.1) is 11.3 Å². The number of ether oxygens (including phenoxy) is 1. The lowest BCUT2D eigenvalue weighted by molar-refractivity contribution is 0.393. The van der Waals surface area contributed by atoms with Crippen LogP contribution in [0.25, 0.3) is 0 Å². The minimum absolute atomic E-state index is 0.121. The summed E-state index contributed by atoms with van der Waals surface area (Å²) >= 11 is 0. The molecule has 0 saturated carbocycles. The molecule has 1 aromatic carbocycles. The summed E-state index contributed by atoms with van der Waals surface area (Å²) in [5, 5.41) is 7.71. The lowest BCUT2D eigenvalue weighted by Gasteiger charge is -2.34. The molecule has 0 radical (unpaired) electrons. The second-order valence-electron chi connectivity index (χ2n) is 5.14. The van der Waals surface area contributed by atoms with Crippen molar-refractivity contribution in [2.75, 3.05) is 25.1 Å². The van der Waals surface area contributed by atoms with Crippen LogP contribution in [0.5, 0.6) is 5.75 Å². The molecule has 1 aromatic rings. The molecule has 1 fully saturated rings. The Morgan fingerprint density at radius 1 is 1.42 bits per heavy atom. The van der Waals surface area contributed by atoms with Crippen molar-refractivity contribution in [1.29, 1.82) is 5.41 Å². The number of nitrogen functional groups attached to an aromatic ring is 1. The number of nitrogens with two attached hydrogens (primary N) is 1. The number of nitrogens with one attached hydrogen (secondary N) is 1. The van der Waals surface area contributed by atoms with E-state index in [-0.39, 0.29) is 5.84 Å². The summed E-state index contributed by atoms with van der Waals surface area (Å²) in [5.41, 5.74) is 7.51. The van der Waals surface area contributed by atoms with Crippen LogP contribution in [0.1, 0.15) is 31.7 Å². The summed E-state index contributed by atoms with van der Waals surface area (Å²) in [6.07, 6.45) is 3.68. The molecule has 0 unspecified atom stereocenters. The third-order valence-corrected chi connectivity index (χ3v) is 4.03. The molecule has 4 nitrogen and oxygen atoms in total. The predicted octanol–water partition coefficient (Wildman–Crippen LogP) is 2.61. The molecule has 1 aliphatic rings. The van der Waals surface area contributed by atoms with E-state index in [1.807, 2.05) is 18.2 Å². The number of amidine groups is 1. The first-order chi connectivity index (χ1) is 9.15. The lowest BCUT2D eigenvalue weighted by Crippen LogP contribution is -2.35. The average molecular weight is 261 g/mol. The normalized spacial score (nSPS) is 16.4. The van der Waals surface area contributed by atoms with Gasteiger partial charge in [-0.15, -0.1) is 0 Å². The highest BCUT2D eigenvalue weighted by Gasteiger charge is 2.21. The van der Waals surface area contributed by atoms with Crippen molar-refractivity contribution in [3.63, 3.8) is 0 Å². The van der Waals surface area contributed by atoms with E-state index >= 15 is 0 Å². The van der Waals surface area contributed by atoms with Gasteiger partial charge in [-0.2, -0.15) is 0 Å². The van der Waals surface area contributed by atoms with Crippen LogP contribution in [-0.2, 0) is 0 Å². The zero-order valence-electron chi connectivity index (χ0n) is 11.8. The maximum absolute atomic E-state index is 7.71. The van der Waals surface area contributed by atoms with Gasteiger partial charge in [-0.25, -0.2) is 0 Å². The third-order valence-electron chi connectivity index (χ3n) is 4.03. The Hall–Kier alpha value is -1.71. The van der Waals surface area contributed by atoms with E-state index in [4.69, 9.17) is 15.9 Å². The van der Waals surface area contributed by atoms with Crippen molar-refractivity contribution in [3.05, 3.63) is 23.8 Å². The fourth-order valence-corrected chi connectivity index (χ4v) is 2.71. The van der Waals surface area contributed by atoms with Gasteiger partial charge in [0.15, 0.2) is 0 Å². The maximum atomic E-state index is 7.71. The molecule has 2 rings (SSSR count). The number of nitrogens with zero attached hydrogens (tertiary/aromatic N) is 1. The van der Waals surface area contributed by atoms with Gasteiger partial charge in [-0.1, -0.05) is 13.3 Å². The quantitative estimate of drug-likeness (QED) is 0.647. The molecular weight excluding hydrogens is 238 g/mol. The smallest absolute Gasteiger partial charge is 0.124 e. The van der Waals surface area contributed by atoms with Crippen molar-refractivity contribution in [2.45, 2.75) is 26.2 Å². The molecule has 3 N–H and O–H groups in total. The maximum Gasteiger partial charge on any atom is 0.124 e. The first-order valence-electron chi connectivity index (χ1n) is 6.93. The number of hydrogen-bond donors (Lipinski definition) is 2. The summed E-state index contributed by atoms with van der Waals surface area (Å²) in [6.45, 7) is 4.32. The van der Waals surface area contributed by atoms with Crippen LogP contribution >= 0.6 is 0 Å². The molecule has 1 aliphatic heterocycles. The number of piperidine rings is 1. The van der Waals surface area contributed by atoms with E-state index in [0.717, 1.165) is 36.0 Å². The van der Waals surface area contributed by atoms with Crippen molar-refractivity contribution in [1.82, 2.24) is 0 Å². The average Bonchev–Trinajstić information content (AvgIpc) is 2.46. The van der Waals surface area contributed by atoms with Gasteiger partial charge >= 0.3 is 0 Å². The number of anilines is 1. The van der Waals surface area contributed by atoms with Crippen LogP contribution < -0.4 is 15.4 Å². The molecule has 0 amide bonds. The van der Waals surface area contributed by atoms with Crippen LogP contribution in [0.2, 0.25) is 0 Å². The molecule has 1 heterocycles. The van der Waals surface area contributed by atoms with E-state index < -0.39 is 0 Å². The fraction of sp³-hybridized carbons (Fsp3) is 0.533. The highest BCUT2D eigenvalue weighted by atomic mass is 16.5. The topological polar surface area (TPSA) is 62.3 Å². The van der Waals surface area contributed by atoms with Crippen molar-refractivity contribution in [3.8, 4) is 5.75 Å². The minimum Gasteiger partial charge on any atom is -0.497 e. The summed E-state index contributed by atoms with van der Waals surface area (Å²) in [7, 11) is 1.66. The van der Waals surface area contributed by atoms with E-state index in [1.165, 1.54) is 19.3 Å². The van der Waals surface area contributed by atoms with Crippen molar-refractivity contribution >= 4 is 11.5 Å². The SMILES string of the molecule is CCC1CCN(c2cc(OC)ccc2C(=N)N)CC1. The fourth-order valence-electron chi connectivity index (χ4n) is 2.71. The molecule has 19 heavy (non-hydrogen) atoms. The monoisotopic (exact) mass is 261 g/mol. The van der Waals surface area contributed by atoms with Gasteiger partial charge in [0.25, 0.3) is 0 Å². The van der Waals surface area contributed by atoms with Crippen molar-refractivity contribution < 1.29 is 4.74 Å². The second-order valence-corrected chi connectivity index (χ2v) is 5.14. The Bertz CT molecular complexity index is 451. The zero-order chi connectivity index (χ0) is 13.8. The van der Waals surface area contributed by atoms with Crippen LogP contribution in [0.15, 0.2) is 18.2 Å². The number of methoxy groups -OCH3 is 1. The van der Waals surface area contributed by atoms with E-state index in [1.54, 1.807) is 7.11 Å². The van der Waals surface area contributed by atoms with Crippen LogP contribution in [0.3, 0.4) is 0 Å². The third kappa shape index (κ3) is 3.00. The Balaban J connectivity index is 2.24. The van der Waals surface area contributed by atoms with Gasteiger partial charge in [0.1, 0.15) is 11.6 Å². The Kier molecular flexibility index (Phi) is 4.30. The molecular formula is C15H23N3O.